The van der Waals surface area contributed by atoms with Crippen molar-refractivity contribution in [1.29, 1.82) is 0 Å². The van der Waals surface area contributed by atoms with Gasteiger partial charge in [-0.1, -0.05) is 49.7 Å². The molecule has 0 saturated carbocycles. The second-order valence-electron chi connectivity index (χ2n) is 11.8. The van der Waals surface area contributed by atoms with E-state index in [9.17, 15) is 9.59 Å². The van der Waals surface area contributed by atoms with Crippen LogP contribution in [0.25, 0.3) is 21.9 Å². The Morgan fingerprint density at radius 2 is 1.87 bits per heavy atom. The average Bonchev–Trinajstić information content (AvgIpc) is 2.82. The number of benzene rings is 3. The van der Waals surface area contributed by atoms with Crippen LogP contribution in [0.5, 0.6) is 11.5 Å². The SMILES string of the molecule is CC(C)CC1Oc2cc(-c3cc(OC(=O)C(C)(C)C)cc4ccccc34)c(Cl)cc2N(CC2CNC2)C1=O. The van der Waals surface area contributed by atoms with Crippen molar-refractivity contribution in [2.45, 2.75) is 47.1 Å². The molecule has 0 spiro atoms. The van der Waals surface area contributed by atoms with Gasteiger partial charge in [0.2, 0.25) is 0 Å². The van der Waals surface area contributed by atoms with E-state index in [0.29, 0.717) is 47.0 Å². The maximum atomic E-state index is 13.5. The number of fused-ring (bicyclic) bond motifs is 2. The lowest BCUT2D eigenvalue weighted by Crippen LogP contribution is -2.54. The van der Waals surface area contributed by atoms with Gasteiger partial charge in [-0.25, -0.2) is 0 Å². The number of nitrogens with one attached hydrogen (secondary N) is 1. The van der Waals surface area contributed by atoms with Crippen LogP contribution in [-0.2, 0) is 9.59 Å². The first kappa shape index (κ1) is 26.5. The topological polar surface area (TPSA) is 67.9 Å². The van der Waals surface area contributed by atoms with Gasteiger partial charge in [-0.3, -0.25) is 9.59 Å². The molecule has 1 atom stereocenters. The van der Waals surface area contributed by atoms with Crippen LogP contribution in [0.15, 0.2) is 48.5 Å². The fourth-order valence-corrected chi connectivity index (χ4v) is 5.14. The Morgan fingerprint density at radius 3 is 2.53 bits per heavy atom. The molecule has 6 nitrogen and oxygen atoms in total. The van der Waals surface area contributed by atoms with E-state index in [-0.39, 0.29) is 11.9 Å². The van der Waals surface area contributed by atoms with E-state index in [4.69, 9.17) is 21.1 Å². The van der Waals surface area contributed by atoms with Crippen molar-refractivity contribution in [2.75, 3.05) is 24.5 Å². The molecule has 5 rings (SSSR count). The van der Waals surface area contributed by atoms with E-state index in [1.165, 1.54) is 0 Å². The van der Waals surface area contributed by atoms with Crippen LogP contribution >= 0.6 is 11.6 Å². The van der Waals surface area contributed by atoms with Crippen molar-refractivity contribution >= 4 is 39.9 Å². The summed E-state index contributed by atoms with van der Waals surface area (Å²) < 4.78 is 12.1. The van der Waals surface area contributed by atoms with Crippen molar-refractivity contribution in [3.05, 3.63) is 53.6 Å². The zero-order chi connectivity index (χ0) is 27.2. The fraction of sp³-hybridized carbons (Fsp3) is 0.419. The number of ether oxygens (including phenoxy) is 2. The number of halogens is 1. The van der Waals surface area contributed by atoms with E-state index in [2.05, 4.69) is 19.2 Å². The summed E-state index contributed by atoms with van der Waals surface area (Å²) in [4.78, 5) is 28.0. The summed E-state index contributed by atoms with van der Waals surface area (Å²) in [6.45, 7) is 12.1. The summed E-state index contributed by atoms with van der Waals surface area (Å²) in [6.07, 6.45) is 0.0944. The highest BCUT2D eigenvalue weighted by Gasteiger charge is 2.37. The molecule has 7 heteroatoms. The van der Waals surface area contributed by atoms with Gasteiger partial charge in [0.05, 0.1) is 16.1 Å². The van der Waals surface area contributed by atoms with E-state index >= 15 is 0 Å². The fourth-order valence-electron chi connectivity index (χ4n) is 4.88. The molecule has 2 aliphatic heterocycles. The molecule has 1 N–H and O–H groups in total. The quantitative estimate of drug-likeness (QED) is 0.290. The summed E-state index contributed by atoms with van der Waals surface area (Å²) in [7, 11) is 0. The molecule has 2 aliphatic rings. The van der Waals surface area contributed by atoms with Gasteiger partial charge < -0.3 is 19.7 Å². The van der Waals surface area contributed by atoms with Crippen LogP contribution in [0, 0.1) is 17.3 Å². The third kappa shape index (κ3) is 5.25. The lowest BCUT2D eigenvalue weighted by Gasteiger charge is -2.39. The zero-order valence-electron chi connectivity index (χ0n) is 22.6. The number of anilines is 1. The van der Waals surface area contributed by atoms with Crippen LogP contribution in [0.3, 0.4) is 0 Å². The van der Waals surface area contributed by atoms with Crippen molar-refractivity contribution in [2.24, 2.45) is 17.3 Å². The molecule has 1 unspecified atom stereocenters. The molecule has 0 aromatic heterocycles. The Kier molecular flexibility index (Phi) is 7.14. The molecule has 0 bridgehead atoms. The van der Waals surface area contributed by atoms with Crippen molar-refractivity contribution in [3.8, 4) is 22.6 Å². The first-order valence-electron chi connectivity index (χ1n) is 13.3. The van der Waals surface area contributed by atoms with Crippen LogP contribution in [0.2, 0.25) is 5.02 Å². The first-order valence-corrected chi connectivity index (χ1v) is 13.7. The number of carbonyl (C=O) groups excluding carboxylic acids is 2. The molecule has 1 saturated heterocycles. The lowest BCUT2D eigenvalue weighted by atomic mass is 9.95. The minimum atomic E-state index is -0.638. The van der Waals surface area contributed by atoms with Crippen LogP contribution in [-0.4, -0.2) is 37.6 Å². The van der Waals surface area contributed by atoms with E-state index < -0.39 is 11.5 Å². The summed E-state index contributed by atoms with van der Waals surface area (Å²) in [6, 6.07) is 15.4. The van der Waals surface area contributed by atoms with Crippen LogP contribution in [0.4, 0.5) is 5.69 Å². The van der Waals surface area contributed by atoms with Gasteiger partial charge in [-0.2, -0.15) is 0 Å². The van der Waals surface area contributed by atoms with Crippen LogP contribution in [0.1, 0.15) is 41.0 Å². The number of rotatable bonds is 6. The monoisotopic (exact) mass is 534 g/mol. The number of esters is 1. The third-order valence-electron chi connectivity index (χ3n) is 7.09. The number of hydrogen-bond donors (Lipinski definition) is 1. The summed E-state index contributed by atoms with van der Waals surface area (Å²) in [5, 5.41) is 5.71. The van der Waals surface area contributed by atoms with Gasteiger partial charge in [0, 0.05) is 31.1 Å². The standard InChI is InChI=1S/C31H35ClN2O4/c1-18(2)10-28-29(35)34(17-19-15-33-16-19)26-14-25(32)24(13-27(26)38-28)23-12-21(37-30(36)31(3,4)5)11-20-8-6-7-9-22(20)23/h6-9,11-14,18-19,28,33H,10,15-17H2,1-5H3. The lowest BCUT2D eigenvalue weighted by molar-refractivity contribution is -0.143. The van der Waals surface area contributed by atoms with E-state index in [0.717, 1.165) is 35.0 Å². The van der Waals surface area contributed by atoms with E-state index in [1.54, 1.807) is 0 Å². The Morgan fingerprint density at radius 1 is 1.13 bits per heavy atom. The molecule has 38 heavy (non-hydrogen) atoms. The maximum absolute atomic E-state index is 13.5. The zero-order valence-corrected chi connectivity index (χ0v) is 23.4. The summed E-state index contributed by atoms with van der Waals surface area (Å²) in [5.74, 6) is 1.49. The van der Waals surface area contributed by atoms with Crippen molar-refractivity contribution in [1.82, 2.24) is 5.32 Å². The molecular weight excluding hydrogens is 500 g/mol. The van der Waals surface area contributed by atoms with Gasteiger partial charge in [0.1, 0.15) is 11.5 Å². The van der Waals surface area contributed by atoms with E-state index in [1.807, 2.05) is 74.2 Å². The maximum Gasteiger partial charge on any atom is 0.316 e. The number of nitrogens with zero attached hydrogens (tertiary/aromatic N) is 1. The largest absolute Gasteiger partial charge is 0.478 e. The van der Waals surface area contributed by atoms with Gasteiger partial charge >= 0.3 is 5.97 Å². The highest BCUT2D eigenvalue weighted by Crippen LogP contribution is 2.45. The number of amides is 1. The number of carbonyl (C=O) groups is 2. The molecule has 3 aromatic carbocycles. The second-order valence-corrected chi connectivity index (χ2v) is 12.2. The van der Waals surface area contributed by atoms with Gasteiger partial charge in [0.25, 0.3) is 5.91 Å². The second kappa shape index (κ2) is 10.2. The minimum Gasteiger partial charge on any atom is -0.478 e. The Balaban J connectivity index is 1.61. The molecule has 1 amide bonds. The predicted octanol–water partition coefficient (Wildman–Crippen LogP) is 6.47. The smallest absolute Gasteiger partial charge is 0.316 e. The average molecular weight is 535 g/mol. The van der Waals surface area contributed by atoms with Gasteiger partial charge in [-0.15, -0.1) is 0 Å². The van der Waals surface area contributed by atoms with Gasteiger partial charge in [-0.05, 0) is 73.7 Å². The molecule has 0 radical (unpaired) electrons. The normalized spacial score (nSPS) is 17.8. The Bertz CT molecular complexity index is 1390. The molecule has 0 aliphatic carbocycles. The minimum absolute atomic E-state index is 0.0107. The Hall–Kier alpha value is -3.09. The highest BCUT2D eigenvalue weighted by atomic mass is 35.5. The molecule has 2 heterocycles. The molecular formula is C31H35ClN2O4. The number of hydrogen-bond acceptors (Lipinski definition) is 5. The first-order chi connectivity index (χ1) is 18.0. The highest BCUT2D eigenvalue weighted by molar-refractivity contribution is 6.34. The molecule has 200 valence electrons. The van der Waals surface area contributed by atoms with Crippen molar-refractivity contribution < 1.29 is 19.1 Å². The van der Waals surface area contributed by atoms with Gasteiger partial charge in [0.15, 0.2) is 6.10 Å². The predicted molar refractivity (Wildman–Crippen MR) is 152 cm³/mol. The molecule has 3 aromatic rings. The van der Waals surface area contributed by atoms with Crippen molar-refractivity contribution in [3.63, 3.8) is 0 Å². The Labute approximate surface area is 229 Å². The third-order valence-corrected chi connectivity index (χ3v) is 7.40. The summed E-state index contributed by atoms with van der Waals surface area (Å²) in [5.41, 5.74) is 1.66. The molecule has 1 fully saturated rings. The van der Waals surface area contributed by atoms with Crippen LogP contribution < -0.4 is 19.7 Å². The summed E-state index contributed by atoms with van der Waals surface area (Å²) >= 11 is 6.93.